The Morgan fingerprint density at radius 2 is 2.12 bits per heavy atom. The lowest BCUT2D eigenvalue weighted by Crippen LogP contribution is -2.40. The van der Waals surface area contributed by atoms with E-state index < -0.39 is 23.6 Å². The average molecular weight is 362 g/mol. The average Bonchev–Trinajstić information content (AvgIpc) is 2.58. The minimum absolute atomic E-state index is 0.0323. The molecule has 0 fully saturated rings. The first-order chi connectivity index (χ1) is 11.8. The Hall–Kier alpha value is -2.36. The first kappa shape index (κ1) is 20.7. The summed E-state index contributed by atoms with van der Waals surface area (Å²) in [4.78, 5) is 26.2. The molecule has 0 aliphatic carbocycles. The molecule has 1 heterocycles. The van der Waals surface area contributed by atoms with E-state index in [-0.39, 0.29) is 18.8 Å². The summed E-state index contributed by atoms with van der Waals surface area (Å²) in [6.07, 6.45) is -0.617. The van der Waals surface area contributed by atoms with Crippen molar-refractivity contribution in [3.63, 3.8) is 0 Å². The van der Waals surface area contributed by atoms with Crippen LogP contribution in [-0.2, 0) is 15.8 Å². The number of unbranched alkanes of at least 4 members (excludes halogenated alkanes) is 2. The Bertz CT molecular complexity index is 552. The summed E-state index contributed by atoms with van der Waals surface area (Å²) in [6, 6.07) is 1.92. The number of hydrogen-bond acceptors (Lipinski definition) is 5. The highest BCUT2D eigenvalue weighted by molar-refractivity contribution is 5.80. The van der Waals surface area contributed by atoms with Gasteiger partial charge < -0.3 is 0 Å². The number of nitrogens with zero attached hydrogens (tertiary/aromatic N) is 2. The summed E-state index contributed by atoms with van der Waals surface area (Å²) in [6.45, 7) is 1.82. The van der Waals surface area contributed by atoms with E-state index in [4.69, 9.17) is 0 Å². The van der Waals surface area contributed by atoms with Gasteiger partial charge in [-0.25, -0.2) is 10.0 Å². The third-order valence-corrected chi connectivity index (χ3v) is 3.46. The van der Waals surface area contributed by atoms with Crippen LogP contribution >= 0.6 is 0 Å². The Morgan fingerprint density at radius 1 is 1.40 bits per heavy atom. The molecule has 0 aliphatic heterocycles. The maximum atomic E-state index is 12.5. The second kappa shape index (κ2) is 9.82. The van der Waals surface area contributed by atoms with Crippen LogP contribution in [0.2, 0.25) is 0 Å². The van der Waals surface area contributed by atoms with E-state index in [2.05, 4.69) is 15.8 Å². The Kier molecular flexibility index (Phi) is 8.12. The number of carbonyl (C=O) groups is 2. The molecular weight excluding hydrogens is 341 g/mol. The minimum Gasteiger partial charge on any atom is -0.286 e. The van der Waals surface area contributed by atoms with Gasteiger partial charge in [-0.1, -0.05) is 26.2 Å². The lowest BCUT2D eigenvalue weighted by Gasteiger charge is -2.20. The van der Waals surface area contributed by atoms with Crippen LogP contribution in [0.5, 0.6) is 0 Å². The number of hydroxylamine groups is 2. The molecule has 0 saturated carbocycles. The summed E-state index contributed by atoms with van der Waals surface area (Å²) in [5.74, 6) is -1.13. The molecule has 1 atom stereocenters. The molecule has 3 N–H and O–H groups in total. The van der Waals surface area contributed by atoms with Gasteiger partial charge in [0.2, 0.25) is 12.3 Å². The SMILES string of the molecule is CCCCC[C@H](CN(O)C=O)C(=O)NNc1ccc(C(F)(F)F)cn1. The number of halogens is 3. The first-order valence-corrected chi connectivity index (χ1v) is 7.77. The summed E-state index contributed by atoms with van der Waals surface area (Å²) < 4.78 is 37.4. The van der Waals surface area contributed by atoms with Crippen LogP contribution in [0.3, 0.4) is 0 Å². The molecule has 0 aromatic carbocycles. The van der Waals surface area contributed by atoms with Gasteiger partial charge in [-0.3, -0.25) is 25.6 Å². The van der Waals surface area contributed by atoms with Gasteiger partial charge in [0.1, 0.15) is 5.82 Å². The van der Waals surface area contributed by atoms with Crippen molar-refractivity contribution in [1.29, 1.82) is 0 Å². The Balaban J connectivity index is 2.61. The number of amides is 2. The first-order valence-electron chi connectivity index (χ1n) is 7.77. The second-order valence-electron chi connectivity index (χ2n) is 5.46. The van der Waals surface area contributed by atoms with Crippen molar-refractivity contribution in [3.05, 3.63) is 23.9 Å². The lowest BCUT2D eigenvalue weighted by atomic mass is 10.0. The fraction of sp³-hybridized carbons (Fsp3) is 0.533. The third kappa shape index (κ3) is 7.38. The molecule has 25 heavy (non-hydrogen) atoms. The molecule has 0 aliphatic rings. The van der Waals surface area contributed by atoms with E-state index in [1.807, 2.05) is 6.92 Å². The van der Waals surface area contributed by atoms with E-state index in [0.717, 1.165) is 31.4 Å². The van der Waals surface area contributed by atoms with E-state index in [1.54, 1.807) is 0 Å². The molecule has 1 aromatic rings. The van der Waals surface area contributed by atoms with Crippen LogP contribution in [0.1, 0.15) is 38.2 Å². The van der Waals surface area contributed by atoms with Crippen molar-refractivity contribution >= 4 is 18.1 Å². The zero-order valence-electron chi connectivity index (χ0n) is 13.7. The zero-order chi connectivity index (χ0) is 18.9. The Labute approximate surface area is 143 Å². The molecule has 0 spiro atoms. The largest absolute Gasteiger partial charge is 0.417 e. The number of carbonyl (C=O) groups excluding carboxylic acids is 2. The monoisotopic (exact) mass is 362 g/mol. The molecule has 1 rings (SSSR count). The lowest BCUT2D eigenvalue weighted by molar-refractivity contribution is -0.154. The van der Waals surface area contributed by atoms with E-state index in [1.165, 1.54) is 0 Å². The summed E-state index contributed by atoms with van der Waals surface area (Å²) in [5.41, 5.74) is 3.85. The van der Waals surface area contributed by atoms with Crippen molar-refractivity contribution in [3.8, 4) is 0 Å². The summed E-state index contributed by atoms with van der Waals surface area (Å²) in [7, 11) is 0. The van der Waals surface area contributed by atoms with Crippen molar-refractivity contribution < 1.29 is 28.0 Å². The number of anilines is 1. The molecule has 0 bridgehead atoms. The van der Waals surface area contributed by atoms with Crippen molar-refractivity contribution in [2.24, 2.45) is 5.92 Å². The van der Waals surface area contributed by atoms with Gasteiger partial charge in [0.05, 0.1) is 18.0 Å². The van der Waals surface area contributed by atoms with Gasteiger partial charge >= 0.3 is 6.18 Å². The quantitative estimate of drug-likeness (QED) is 0.257. The number of alkyl halides is 3. The van der Waals surface area contributed by atoms with Gasteiger partial charge in [0.25, 0.3) is 0 Å². The predicted octanol–water partition coefficient (Wildman–Crippen LogP) is 2.59. The number of pyridine rings is 1. The van der Waals surface area contributed by atoms with Crippen LogP contribution in [0, 0.1) is 5.92 Å². The van der Waals surface area contributed by atoms with E-state index in [9.17, 15) is 28.0 Å². The summed E-state index contributed by atoms with van der Waals surface area (Å²) >= 11 is 0. The van der Waals surface area contributed by atoms with Gasteiger partial charge in [-0.2, -0.15) is 13.2 Å². The van der Waals surface area contributed by atoms with Crippen molar-refractivity contribution in [2.45, 2.75) is 38.8 Å². The summed E-state index contributed by atoms with van der Waals surface area (Å²) in [5, 5.41) is 9.65. The molecule has 1 aromatic heterocycles. The highest BCUT2D eigenvalue weighted by Crippen LogP contribution is 2.28. The van der Waals surface area contributed by atoms with Gasteiger partial charge in [0.15, 0.2) is 0 Å². The number of hydrazine groups is 1. The molecule has 0 saturated heterocycles. The minimum atomic E-state index is -4.49. The standard InChI is InChI=1S/C15H21F3N4O3/c1-2-3-4-5-11(9-22(25)10-23)14(24)21-20-13-7-6-12(8-19-13)15(16,17)18/h6-8,10-11,25H,2-5,9H2,1H3,(H,19,20)(H,21,24)/t11-/m1/s1. The topological polar surface area (TPSA) is 94.6 Å². The molecule has 2 amide bonds. The van der Waals surface area contributed by atoms with Crippen molar-refractivity contribution in [2.75, 3.05) is 12.0 Å². The van der Waals surface area contributed by atoms with Crippen LogP contribution in [-0.4, -0.2) is 34.1 Å². The highest BCUT2D eigenvalue weighted by atomic mass is 19.4. The van der Waals surface area contributed by atoms with Crippen molar-refractivity contribution in [1.82, 2.24) is 15.5 Å². The normalized spacial score (nSPS) is 12.4. The molecular formula is C15H21F3N4O3. The number of nitrogens with one attached hydrogen (secondary N) is 2. The number of rotatable bonds is 10. The highest BCUT2D eigenvalue weighted by Gasteiger charge is 2.30. The maximum absolute atomic E-state index is 12.5. The third-order valence-electron chi connectivity index (χ3n) is 3.46. The fourth-order valence-electron chi connectivity index (χ4n) is 2.08. The van der Waals surface area contributed by atoms with Crippen LogP contribution in [0.15, 0.2) is 18.3 Å². The molecule has 140 valence electrons. The van der Waals surface area contributed by atoms with E-state index in [0.29, 0.717) is 17.7 Å². The molecule has 0 radical (unpaired) electrons. The molecule has 7 nitrogen and oxygen atoms in total. The van der Waals surface area contributed by atoms with Gasteiger partial charge in [0, 0.05) is 6.20 Å². The Morgan fingerprint density at radius 3 is 2.64 bits per heavy atom. The second-order valence-corrected chi connectivity index (χ2v) is 5.46. The molecule has 10 heteroatoms. The predicted molar refractivity (Wildman–Crippen MR) is 83.2 cm³/mol. The molecule has 0 unspecified atom stereocenters. The van der Waals surface area contributed by atoms with Gasteiger partial charge in [-0.15, -0.1) is 0 Å². The van der Waals surface area contributed by atoms with Crippen LogP contribution in [0.4, 0.5) is 19.0 Å². The number of hydrogen-bond donors (Lipinski definition) is 3. The van der Waals surface area contributed by atoms with Crippen LogP contribution in [0.25, 0.3) is 0 Å². The van der Waals surface area contributed by atoms with Crippen LogP contribution < -0.4 is 10.9 Å². The maximum Gasteiger partial charge on any atom is 0.417 e. The zero-order valence-corrected chi connectivity index (χ0v) is 13.7. The number of aromatic nitrogens is 1. The fourth-order valence-corrected chi connectivity index (χ4v) is 2.08. The van der Waals surface area contributed by atoms with Gasteiger partial charge in [-0.05, 0) is 18.6 Å². The van der Waals surface area contributed by atoms with E-state index >= 15 is 0 Å². The smallest absolute Gasteiger partial charge is 0.286 e.